The van der Waals surface area contributed by atoms with Crippen molar-refractivity contribution in [3.05, 3.63) is 17.8 Å². The van der Waals surface area contributed by atoms with E-state index in [0.29, 0.717) is 11.4 Å². The van der Waals surface area contributed by atoms with Gasteiger partial charge in [-0.2, -0.15) is 0 Å². The van der Waals surface area contributed by atoms with Crippen LogP contribution < -0.4 is 13.9 Å². The van der Waals surface area contributed by atoms with Crippen LogP contribution in [0.15, 0.2) is 12.3 Å². The molecule has 0 bridgehead atoms. The van der Waals surface area contributed by atoms with Crippen molar-refractivity contribution in [3.8, 4) is 0 Å². The van der Waals surface area contributed by atoms with Crippen LogP contribution in [0.2, 0.25) is 5.79 Å². The quantitative estimate of drug-likeness (QED) is 0.641. The van der Waals surface area contributed by atoms with E-state index in [0.717, 1.165) is 5.69 Å². The highest BCUT2D eigenvalue weighted by molar-refractivity contribution is 6.39. The summed E-state index contributed by atoms with van der Waals surface area (Å²) in [7, 11) is 1.60. The Kier molecular flexibility index (Phi) is 4.94. The van der Waals surface area contributed by atoms with Gasteiger partial charge in [-0.25, -0.2) is 4.98 Å². The van der Waals surface area contributed by atoms with Gasteiger partial charge in [-0.05, 0) is 6.07 Å². The fraction of sp³-hybridized carbons (Fsp3) is 0.250. The SMILES string of the molecule is CNC(=O)c1cnc([NH][Al])cc1[NH][Al][CH3]. The molecule has 0 aliphatic rings. The minimum atomic E-state index is -0.131. The molecule has 1 amide bonds. The maximum atomic E-state index is 11.5. The van der Waals surface area contributed by atoms with Gasteiger partial charge in [0.15, 0.2) is 0 Å². The molecule has 0 aromatic carbocycles. The van der Waals surface area contributed by atoms with Gasteiger partial charge in [0.1, 0.15) is 5.82 Å². The second-order valence-electron chi connectivity index (χ2n) is 2.77. The van der Waals surface area contributed by atoms with E-state index in [4.69, 9.17) is 0 Å². The molecule has 3 N–H and O–H groups in total. The van der Waals surface area contributed by atoms with Crippen molar-refractivity contribution in [2.75, 3.05) is 15.6 Å². The number of rotatable bonds is 4. The van der Waals surface area contributed by atoms with Crippen LogP contribution in [0.3, 0.4) is 0 Å². The first-order valence-corrected chi connectivity index (χ1v) is 6.77. The first-order valence-electron chi connectivity index (χ1n) is 4.46. The van der Waals surface area contributed by atoms with Crippen molar-refractivity contribution in [3.63, 3.8) is 0 Å². The fourth-order valence-electron chi connectivity index (χ4n) is 1.12. The molecule has 75 valence electrons. The lowest BCUT2D eigenvalue weighted by atomic mass is 10.2. The van der Waals surface area contributed by atoms with Crippen molar-refractivity contribution in [2.45, 2.75) is 5.79 Å². The second kappa shape index (κ2) is 6.00. The van der Waals surface area contributed by atoms with Crippen molar-refractivity contribution in [2.24, 2.45) is 0 Å². The predicted octanol–water partition coefficient (Wildman–Crippen LogP) is 0.0158. The van der Waals surface area contributed by atoms with Gasteiger partial charge in [-0.1, -0.05) is 5.79 Å². The van der Waals surface area contributed by atoms with E-state index >= 15 is 0 Å². The fourth-order valence-corrected chi connectivity index (χ4v) is 1.83. The lowest BCUT2D eigenvalue weighted by Crippen LogP contribution is -2.20. The summed E-state index contributed by atoms with van der Waals surface area (Å²) in [4.78, 5) is 15.6. The number of hydrogen-bond acceptors (Lipinski definition) is 4. The Morgan fingerprint density at radius 1 is 1.60 bits per heavy atom. The number of hydrogen-bond donors (Lipinski definition) is 3. The molecule has 1 aromatic heterocycles. The molecule has 0 saturated heterocycles. The van der Waals surface area contributed by atoms with Crippen LogP contribution in [-0.4, -0.2) is 49.9 Å². The minimum Gasteiger partial charge on any atom is -0.482 e. The summed E-state index contributed by atoms with van der Waals surface area (Å²) in [6.45, 7) is 0. The van der Waals surface area contributed by atoms with Gasteiger partial charge >= 0.3 is 32.0 Å². The maximum absolute atomic E-state index is 11.5. The van der Waals surface area contributed by atoms with Gasteiger partial charge in [-0.3, -0.25) is 4.79 Å². The molecular weight excluding hydrogens is 222 g/mol. The Bertz CT molecular complexity index is 358. The average molecular weight is 233 g/mol. The number of amides is 1. The molecule has 0 aliphatic carbocycles. The molecule has 1 heterocycles. The molecule has 15 heavy (non-hydrogen) atoms. The summed E-state index contributed by atoms with van der Waals surface area (Å²) in [6.07, 6.45) is 1.56. The zero-order valence-electron chi connectivity index (χ0n) is 8.66. The van der Waals surface area contributed by atoms with E-state index in [2.05, 4.69) is 41.2 Å². The van der Waals surface area contributed by atoms with E-state index in [1.165, 1.54) is 0 Å². The second-order valence-corrected chi connectivity index (χ2v) is 3.93. The van der Waals surface area contributed by atoms with E-state index in [9.17, 15) is 4.79 Å². The summed E-state index contributed by atoms with van der Waals surface area (Å²) in [5.74, 6) is 2.64. The Morgan fingerprint density at radius 3 is 2.87 bits per heavy atom. The molecule has 0 fully saturated rings. The number of carbonyl (C=O) groups excluding carboxylic acids is 1. The van der Waals surface area contributed by atoms with E-state index < -0.39 is 0 Å². The molecule has 7 heteroatoms. The third-order valence-corrected chi connectivity index (χ3v) is 2.72. The minimum absolute atomic E-state index is 0.0849. The standard InChI is InChI=1S/C7H9N4O.CH3.2Al/c1-10-7(12)4-3-11-6(9)2-5(4)8;;;/h2-3H,1H3,(H4-,8,9,10,11,12);1H3;;/q-1;;2*+1/p-1. The normalized spacial score (nSPS) is 9.20. The number of pyridine rings is 1. The largest absolute Gasteiger partial charge is 0.482 e. The van der Waals surface area contributed by atoms with E-state index in [1.54, 1.807) is 13.2 Å². The Labute approximate surface area is 104 Å². The molecule has 0 spiro atoms. The summed E-state index contributed by atoms with van der Waals surface area (Å²) in [6, 6.07) is 1.81. The lowest BCUT2D eigenvalue weighted by Gasteiger charge is -2.11. The summed E-state index contributed by atoms with van der Waals surface area (Å²) < 4.78 is 6.05. The molecule has 1 aromatic rings. The van der Waals surface area contributed by atoms with Gasteiger partial charge in [0.2, 0.25) is 0 Å². The third-order valence-electron chi connectivity index (χ3n) is 1.82. The van der Waals surface area contributed by atoms with Crippen LogP contribution in [-0.2, 0) is 0 Å². The van der Waals surface area contributed by atoms with Crippen molar-refractivity contribution < 1.29 is 4.79 Å². The van der Waals surface area contributed by atoms with Crippen molar-refractivity contribution in [1.82, 2.24) is 10.3 Å². The summed E-state index contributed by atoms with van der Waals surface area (Å²) in [5.41, 5.74) is 1.38. The smallest absolute Gasteiger partial charge is 0.364 e. The highest BCUT2D eigenvalue weighted by Gasteiger charge is 2.10. The highest BCUT2D eigenvalue weighted by atomic mass is 27.1. The van der Waals surface area contributed by atoms with Crippen LogP contribution in [0.5, 0.6) is 0 Å². The van der Waals surface area contributed by atoms with Crippen LogP contribution in [0.1, 0.15) is 10.4 Å². The third kappa shape index (κ3) is 3.12. The predicted molar refractivity (Wildman–Crippen MR) is 62.2 cm³/mol. The van der Waals surface area contributed by atoms with Gasteiger partial charge in [0, 0.05) is 18.9 Å². The first kappa shape index (κ1) is 12.4. The first-order chi connectivity index (χ1) is 7.22. The van der Waals surface area contributed by atoms with Crippen LogP contribution in [0.25, 0.3) is 0 Å². The van der Waals surface area contributed by atoms with Gasteiger partial charge < -0.3 is 13.9 Å². The van der Waals surface area contributed by atoms with Crippen LogP contribution in [0, 0.1) is 0 Å². The number of aromatic nitrogens is 1. The highest BCUT2D eigenvalue weighted by Crippen LogP contribution is 2.17. The Hall–Kier alpha value is -0.715. The van der Waals surface area contributed by atoms with Gasteiger partial charge in [0.25, 0.3) is 5.91 Å². The lowest BCUT2D eigenvalue weighted by molar-refractivity contribution is 0.0963. The average Bonchev–Trinajstić information content (AvgIpc) is 2.28. The van der Waals surface area contributed by atoms with Gasteiger partial charge in [-0.15, -0.1) is 0 Å². The Morgan fingerprint density at radius 2 is 2.33 bits per heavy atom. The zero-order chi connectivity index (χ0) is 11.3. The molecule has 5 nitrogen and oxygen atoms in total. The van der Waals surface area contributed by atoms with E-state index in [-0.39, 0.29) is 21.3 Å². The molecule has 0 unspecified atom stereocenters. The van der Waals surface area contributed by atoms with Crippen LogP contribution in [0.4, 0.5) is 11.5 Å². The maximum Gasteiger partial charge on any atom is 0.364 e. The number of nitrogens with zero attached hydrogens (tertiary/aromatic N) is 1. The molecule has 3 radical (unpaired) electrons. The molecule has 0 atom stereocenters. The molecule has 0 saturated carbocycles. The number of carbonyl (C=O) groups is 1. The van der Waals surface area contributed by atoms with Crippen molar-refractivity contribution in [1.29, 1.82) is 0 Å². The molecule has 0 aliphatic heterocycles. The van der Waals surface area contributed by atoms with E-state index in [1.807, 2.05) is 6.07 Å². The molecule has 1 rings (SSSR count). The Balaban J connectivity index is 3.08. The van der Waals surface area contributed by atoms with Crippen LogP contribution >= 0.6 is 0 Å². The number of nitrogens with one attached hydrogen (secondary N) is 3. The van der Waals surface area contributed by atoms with Gasteiger partial charge in [0.05, 0.1) is 5.56 Å². The molecular formula is C8H11Al2N4O. The van der Waals surface area contributed by atoms with Crippen molar-refractivity contribution >= 4 is 49.4 Å². The number of anilines is 2. The topological polar surface area (TPSA) is 66.0 Å². The summed E-state index contributed by atoms with van der Waals surface area (Å²) in [5, 5.41) is 2.58. The summed E-state index contributed by atoms with van der Waals surface area (Å²) >= 11 is 2.45. The monoisotopic (exact) mass is 233 g/mol. The zero-order valence-corrected chi connectivity index (χ0v) is 11.0.